The fourth-order valence-electron chi connectivity index (χ4n) is 5.73. The van der Waals surface area contributed by atoms with E-state index in [-0.39, 0.29) is 0 Å². The second kappa shape index (κ2) is 8.64. The highest BCUT2D eigenvalue weighted by Gasteiger charge is 2.19. The minimum atomic E-state index is 0.852. The van der Waals surface area contributed by atoms with Crippen molar-refractivity contribution < 1.29 is 4.42 Å². The van der Waals surface area contributed by atoms with Gasteiger partial charge in [-0.25, -0.2) is 4.98 Å². The molecule has 0 N–H and O–H groups in total. The van der Waals surface area contributed by atoms with Crippen LogP contribution in [0.25, 0.3) is 77.3 Å². The first-order valence-corrected chi connectivity index (χ1v) is 13.1. The molecular weight excluding hydrogens is 476 g/mol. The maximum atomic E-state index is 6.41. The number of furan rings is 1. The van der Waals surface area contributed by atoms with Crippen molar-refractivity contribution in [1.29, 1.82) is 0 Å². The van der Waals surface area contributed by atoms with Crippen molar-refractivity contribution in [3.05, 3.63) is 134 Å². The Bertz CT molecular complexity index is 2180. The lowest BCUT2D eigenvalue weighted by Gasteiger charge is -2.16. The van der Waals surface area contributed by atoms with E-state index in [2.05, 4.69) is 103 Å². The predicted molar refractivity (Wildman–Crippen MR) is 161 cm³/mol. The summed E-state index contributed by atoms with van der Waals surface area (Å²) in [5, 5.41) is 4.62. The Morgan fingerprint density at radius 3 is 2.08 bits per heavy atom. The van der Waals surface area contributed by atoms with Crippen LogP contribution < -0.4 is 0 Å². The highest BCUT2D eigenvalue weighted by molar-refractivity contribution is 6.17. The van der Waals surface area contributed by atoms with Crippen molar-refractivity contribution in [2.75, 3.05) is 0 Å². The Hall–Kier alpha value is -5.28. The molecule has 8 aromatic rings. The van der Waals surface area contributed by atoms with Gasteiger partial charge in [-0.05, 0) is 63.4 Å². The second-order valence-corrected chi connectivity index (χ2v) is 9.81. The smallest absolute Gasteiger partial charge is 0.136 e. The molecule has 0 aliphatic rings. The minimum Gasteiger partial charge on any atom is -0.456 e. The van der Waals surface area contributed by atoms with Gasteiger partial charge in [-0.3, -0.25) is 4.98 Å². The summed E-state index contributed by atoms with van der Waals surface area (Å²) >= 11 is 0. The van der Waals surface area contributed by atoms with E-state index in [9.17, 15) is 0 Å². The standard InChI is InChI=1S/C36H22N2O/c1-2-10-23(11-3-1)35-26(14-8-16-28(35)32-22-37-30-17-6-7-18-31(30)38-32)27-15-9-19-33-36(27)29-20-24-12-4-5-13-25(24)21-34(29)39-33/h1-22H. The lowest BCUT2D eigenvalue weighted by Crippen LogP contribution is -1.94. The number of benzene rings is 6. The monoisotopic (exact) mass is 498 g/mol. The van der Waals surface area contributed by atoms with Crippen molar-refractivity contribution in [3.63, 3.8) is 0 Å². The number of fused-ring (bicyclic) bond motifs is 5. The van der Waals surface area contributed by atoms with Gasteiger partial charge in [-0.1, -0.05) is 97.1 Å². The van der Waals surface area contributed by atoms with E-state index in [0.29, 0.717) is 0 Å². The molecule has 3 nitrogen and oxygen atoms in total. The van der Waals surface area contributed by atoms with Crippen molar-refractivity contribution in [2.24, 2.45) is 0 Å². The van der Waals surface area contributed by atoms with Gasteiger partial charge in [0.05, 0.1) is 22.9 Å². The molecular formula is C36H22N2O. The summed E-state index contributed by atoms with van der Waals surface area (Å²) in [5.74, 6) is 0. The third-order valence-corrected chi connectivity index (χ3v) is 7.50. The Labute approximate surface area is 225 Å². The molecule has 6 aromatic carbocycles. The van der Waals surface area contributed by atoms with E-state index in [1.165, 1.54) is 10.8 Å². The predicted octanol–water partition coefficient (Wildman–Crippen LogP) is 9.68. The van der Waals surface area contributed by atoms with Crippen molar-refractivity contribution >= 4 is 43.7 Å². The van der Waals surface area contributed by atoms with Gasteiger partial charge >= 0.3 is 0 Å². The van der Waals surface area contributed by atoms with Gasteiger partial charge < -0.3 is 4.42 Å². The largest absolute Gasteiger partial charge is 0.456 e. The lowest BCUT2D eigenvalue weighted by molar-refractivity contribution is 0.669. The Balaban J connectivity index is 1.45. The van der Waals surface area contributed by atoms with Gasteiger partial charge in [0.15, 0.2) is 0 Å². The van der Waals surface area contributed by atoms with Crippen LogP contribution in [0, 0.1) is 0 Å². The molecule has 2 aromatic heterocycles. The van der Waals surface area contributed by atoms with Crippen LogP contribution in [0.4, 0.5) is 0 Å². The number of aromatic nitrogens is 2. The highest BCUT2D eigenvalue weighted by Crippen LogP contribution is 2.44. The average Bonchev–Trinajstić information content (AvgIpc) is 3.37. The fourth-order valence-corrected chi connectivity index (χ4v) is 5.73. The van der Waals surface area contributed by atoms with E-state index >= 15 is 0 Å². The molecule has 0 fully saturated rings. The third-order valence-electron chi connectivity index (χ3n) is 7.50. The third kappa shape index (κ3) is 3.52. The molecule has 0 saturated heterocycles. The fraction of sp³-hybridized carbons (Fsp3) is 0. The summed E-state index contributed by atoms with van der Waals surface area (Å²) < 4.78 is 6.41. The van der Waals surface area contributed by atoms with E-state index in [4.69, 9.17) is 14.4 Å². The van der Waals surface area contributed by atoms with Crippen LogP contribution in [0.2, 0.25) is 0 Å². The molecule has 182 valence electrons. The van der Waals surface area contributed by atoms with Crippen LogP contribution in [0.5, 0.6) is 0 Å². The maximum Gasteiger partial charge on any atom is 0.136 e. The van der Waals surface area contributed by atoms with Crippen LogP contribution in [0.1, 0.15) is 0 Å². The second-order valence-electron chi connectivity index (χ2n) is 9.81. The molecule has 0 atom stereocenters. The van der Waals surface area contributed by atoms with Gasteiger partial charge in [0.25, 0.3) is 0 Å². The zero-order valence-electron chi connectivity index (χ0n) is 21.0. The summed E-state index contributed by atoms with van der Waals surface area (Å²) in [7, 11) is 0. The number of hydrogen-bond acceptors (Lipinski definition) is 3. The average molecular weight is 499 g/mol. The molecule has 0 spiro atoms. The van der Waals surface area contributed by atoms with Crippen molar-refractivity contribution in [1.82, 2.24) is 9.97 Å². The van der Waals surface area contributed by atoms with Gasteiger partial charge in [-0.2, -0.15) is 0 Å². The van der Waals surface area contributed by atoms with E-state index in [1.807, 2.05) is 30.5 Å². The molecule has 0 aliphatic carbocycles. The van der Waals surface area contributed by atoms with E-state index < -0.39 is 0 Å². The molecule has 39 heavy (non-hydrogen) atoms. The SMILES string of the molecule is c1ccc(-c2c(-c3cnc4ccccc4n3)cccc2-c2cccc3oc4cc5ccccc5cc4c23)cc1. The summed E-state index contributed by atoms with van der Waals surface area (Å²) in [6.45, 7) is 0. The Morgan fingerprint density at radius 1 is 0.513 bits per heavy atom. The molecule has 3 heteroatoms. The summed E-state index contributed by atoms with van der Waals surface area (Å²) in [6.07, 6.45) is 1.88. The number of hydrogen-bond donors (Lipinski definition) is 0. The highest BCUT2D eigenvalue weighted by atomic mass is 16.3. The van der Waals surface area contributed by atoms with Gasteiger partial charge in [0, 0.05) is 16.3 Å². The summed E-state index contributed by atoms with van der Waals surface area (Å²) in [6, 6.07) is 44.2. The van der Waals surface area contributed by atoms with Crippen LogP contribution in [0.15, 0.2) is 138 Å². The lowest BCUT2D eigenvalue weighted by atomic mass is 9.87. The normalized spacial score (nSPS) is 11.6. The number of nitrogens with zero attached hydrogens (tertiary/aromatic N) is 2. The minimum absolute atomic E-state index is 0.852. The van der Waals surface area contributed by atoms with E-state index in [0.717, 1.165) is 66.5 Å². The Morgan fingerprint density at radius 2 is 1.21 bits per heavy atom. The zero-order chi connectivity index (χ0) is 25.8. The topological polar surface area (TPSA) is 38.9 Å². The molecule has 0 aliphatic heterocycles. The Kier molecular flexibility index (Phi) is 4.82. The summed E-state index contributed by atoms with van der Waals surface area (Å²) in [5.41, 5.74) is 9.98. The van der Waals surface area contributed by atoms with Crippen molar-refractivity contribution in [2.45, 2.75) is 0 Å². The molecule has 0 unspecified atom stereocenters. The molecule has 8 rings (SSSR count). The van der Waals surface area contributed by atoms with Crippen LogP contribution in [0.3, 0.4) is 0 Å². The van der Waals surface area contributed by atoms with Crippen LogP contribution >= 0.6 is 0 Å². The van der Waals surface area contributed by atoms with Crippen molar-refractivity contribution in [3.8, 4) is 33.5 Å². The zero-order valence-corrected chi connectivity index (χ0v) is 21.0. The number of para-hydroxylation sites is 2. The van der Waals surface area contributed by atoms with Crippen LogP contribution in [-0.2, 0) is 0 Å². The molecule has 0 amide bonds. The van der Waals surface area contributed by atoms with E-state index in [1.54, 1.807) is 0 Å². The van der Waals surface area contributed by atoms with Gasteiger partial charge in [0.1, 0.15) is 11.2 Å². The first kappa shape index (κ1) is 21.8. The number of rotatable bonds is 3. The summed E-state index contributed by atoms with van der Waals surface area (Å²) in [4.78, 5) is 9.75. The molecule has 0 saturated carbocycles. The van der Waals surface area contributed by atoms with Crippen LogP contribution in [-0.4, -0.2) is 9.97 Å². The quantitative estimate of drug-likeness (QED) is 0.243. The van der Waals surface area contributed by atoms with Gasteiger partial charge in [-0.15, -0.1) is 0 Å². The maximum absolute atomic E-state index is 6.41. The molecule has 0 bridgehead atoms. The molecule has 0 radical (unpaired) electrons. The first-order chi connectivity index (χ1) is 19.3. The molecule has 2 heterocycles. The van der Waals surface area contributed by atoms with Gasteiger partial charge in [0.2, 0.25) is 0 Å². The first-order valence-electron chi connectivity index (χ1n) is 13.1.